The Balaban J connectivity index is 1.77. The van der Waals surface area contributed by atoms with E-state index in [-0.39, 0.29) is 12.6 Å². The first-order chi connectivity index (χ1) is 13.2. The Kier molecular flexibility index (Phi) is 6.06. The van der Waals surface area contributed by atoms with E-state index in [1.54, 1.807) is 17.3 Å². The lowest BCUT2D eigenvalue weighted by molar-refractivity contribution is 0.199. The van der Waals surface area contributed by atoms with E-state index in [2.05, 4.69) is 25.8 Å². The second-order valence-electron chi connectivity index (χ2n) is 6.04. The average Bonchev–Trinajstić information content (AvgIpc) is 3.22. The van der Waals surface area contributed by atoms with Gasteiger partial charge in [0.2, 0.25) is 0 Å². The van der Waals surface area contributed by atoms with Crippen LogP contribution in [0.25, 0.3) is 5.69 Å². The van der Waals surface area contributed by atoms with Crippen LogP contribution in [0.1, 0.15) is 17.5 Å². The number of urea groups is 1. The summed E-state index contributed by atoms with van der Waals surface area (Å²) in [6, 6.07) is 9.08. The van der Waals surface area contributed by atoms with E-state index in [1.807, 2.05) is 37.3 Å². The lowest BCUT2D eigenvalue weighted by Gasteiger charge is -2.23. The van der Waals surface area contributed by atoms with Crippen molar-refractivity contribution in [3.8, 4) is 5.69 Å². The van der Waals surface area contributed by atoms with Gasteiger partial charge in [-0.15, -0.1) is 5.10 Å². The minimum absolute atomic E-state index is 0.0218. The number of aryl methyl sites for hydroxylation is 1. The number of carbonyl (C=O) groups is 1. The predicted octanol–water partition coefficient (Wildman–Crippen LogP) is 1.78. The van der Waals surface area contributed by atoms with Crippen LogP contribution in [0.4, 0.5) is 10.5 Å². The minimum Gasteiger partial charge on any atom is -0.396 e. The topological polar surface area (TPSA) is 109 Å². The minimum atomic E-state index is -0.239. The van der Waals surface area contributed by atoms with Gasteiger partial charge >= 0.3 is 6.03 Å². The SMILES string of the molecule is Cc1ccc(-n2cnnn2)cc1NC(=O)N(CCCO)Cc1ccncc1. The van der Waals surface area contributed by atoms with Gasteiger partial charge in [0.05, 0.1) is 5.69 Å². The third-order valence-electron chi connectivity index (χ3n) is 4.07. The summed E-state index contributed by atoms with van der Waals surface area (Å²) in [6.45, 7) is 2.81. The smallest absolute Gasteiger partial charge is 0.322 e. The molecule has 0 atom stereocenters. The first-order valence-corrected chi connectivity index (χ1v) is 8.57. The maximum atomic E-state index is 12.8. The van der Waals surface area contributed by atoms with Gasteiger partial charge in [0.15, 0.2) is 0 Å². The summed E-state index contributed by atoms with van der Waals surface area (Å²) < 4.78 is 1.52. The fourth-order valence-electron chi connectivity index (χ4n) is 2.58. The van der Waals surface area contributed by atoms with Crippen LogP contribution < -0.4 is 5.32 Å². The Hall–Kier alpha value is -3.33. The van der Waals surface area contributed by atoms with E-state index in [9.17, 15) is 4.79 Å². The number of aromatic nitrogens is 5. The fraction of sp³-hybridized carbons (Fsp3) is 0.278. The largest absolute Gasteiger partial charge is 0.396 e. The Morgan fingerprint density at radius 2 is 2.07 bits per heavy atom. The predicted molar refractivity (Wildman–Crippen MR) is 99.3 cm³/mol. The standard InChI is InChI=1S/C18H21N7O2/c1-14-3-4-16(25-13-20-22-23-25)11-17(14)21-18(27)24(9-2-10-26)12-15-5-7-19-8-6-15/h3-8,11,13,26H,2,9-10,12H2,1H3,(H,21,27). The summed E-state index contributed by atoms with van der Waals surface area (Å²) in [5.74, 6) is 0. The molecule has 9 nitrogen and oxygen atoms in total. The molecule has 0 aliphatic carbocycles. The number of pyridine rings is 1. The fourth-order valence-corrected chi connectivity index (χ4v) is 2.58. The third kappa shape index (κ3) is 4.85. The number of carbonyl (C=O) groups excluding carboxylic acids is 1. The van der Waals surface area contributed by atoms with Crippen molar-refractivity contribution >= 4 is 11.7 Å². The van der Waals surface area contributed by atoms with Gasteiger partial charge in [0, 0.05) is 37.8 Å². The van der Waals surface area contributed by atoms with Gasteiger partial charge in [-0.2, -0.15) is 0 Å². The van der Waals surface area contributed by atoms with E-state index in [4.69, 9.17) is 5.11 Å². The average molecular weight is 367 g/mol. The molecule has 2 N–H and O–H groups in total. The summed E-state index contributed by atoms with van der Waals surface area (Å²) in [4.78, 5) is 18.5. The summed E-state index contributed by atoms with van der Waals surface area (Å²) in [7, 11) is 0. The van der Waals surface area contributed by atoms with Crippen LogP contribution in [0, 0.1) is 6.92 Å². The van der Waals surface area contributed by atoms with Gasteiger partial charge in [-0.25, -0.2) is 9.48 Å². The number of rotatable bonds is 7. The molecule has 0 aliphatic heterocycles. The Labute approximate surface area is 156 Å². The van der Waals surface area contributed by atoms with E-state index in [0.29, 0.717) is 25.2 Å². The zero-order valence-corrected chi connectivity index (χ0v) is 15.0. The zero-order chi connectivity index (χ0) is 19.1. The maximum Gasteiger partial charge on any atom is 0.322 e. The second kappa shape index (κ2) is 8.86. The van der Waals surface area contributed by atoms with Gasteiger partial charge in [-0.05, 0) is 59.2 Å². The van der Waals surface area contributed by atoms with Crippen molar-refractivity contribution in [2.24, 2.45) is 0 Å². The van der Waals surface area contributed by atoms with Crippen LogP contribution in [0.3, 0.4) is 0 Å². The first-order valence-electron chi connectivity index (χ1n) is 8.57. The van der Waals surface area contributed by atoms with E-state index in [1.165, 1.54) is 11.0 Å². The highest BCUT2D eigenvalue weighted by molar-refractivity contribution is 5.90. The quantitative estimate of drug-likeness (QED) is 0.659. The number of aliphatic hydroxyl groups excluding tert-OH is 1. The maximum absolute atomic E-state index is 12.8. The second-order valence-corrected chi connectivity index (χ2v) is 6.04. The summed E-state index contributed by atoms with van der Waals surface area (Å²) in [5, 5.41) is 23.2. The van der Waals surface area contributed by atoms with Crippen molar-refractivity contribution in [2.45, 2.75) is 19.9 Å². The van der Waals surface area contributed by atoms with Crippen LogP contribution >= 0.6 is 0 Å². The number of anilines is 1. The van der Waals surface area contributed by atoms with Crippen LogP contribution in [0.5, 0.6) is 0 Å². The van der Waals surface area contributed by atoms with E-state index in [0.717, 1.165) is 16.8 Å². The van der Waals surface area contributed by atoms with Gasteiger partial charge < -0.3 is 15.3 Å². The Morgan fingerprint density at radius 3 is 2.78 bits per heavy atom. The van der Waals surface area contributed by atoms with Gasteiger partial charge in [-0.3, -0.25) is 4.98 Å². The van der Waals surface area contributed by atoms with Crippen LogP contribution in [0.2, 0.25) is 0 Å². The van der Waals surface area contributed by atoms with Crippen molar-refractivity contribution in [1.29, 1.82) is 0 Å². The molecule has 1 aromatic carbocycles. The number of hydrogen-bond donors (Lipinski definition) is 2. The van der Waals surface area contributed by atoms with Crippen molar-refractivity contribution in [3.63, 3.8) is 0 Å². The number of nitrogens with zero attached hydrogens (tertiary/aromatic N) is 6. The number of nitrogens with one attached hydrogen (secondary N) is 1. The van der Waals surface area contributed by atoms with Crippen molar-refractivity contribution in [3.05, 3.63) is 60.2 Å². The van der Waals surface area contributed by atoms with Crippen LogP contribution in [0.15, 0.2) is 49.1 Å². The molecular formula is C18H21N7O2. The van der Waals surface area contributed by atoms with Crippen molar-refractivity contribution in [2.75, 3.05) is 18.5 Å². The molecule has 2 amide bonds. The highest BCUT2D eigenvalue weighted by Gasteiger charge is 2.15. The molecule has 9 heteroatoms. The molecule has 27 heavy (non-hydrogen) atoms. The molecule has 2 aromatic heterocycles. The molecule has 0 saturated carbocycles. The van der Waals surface area contributed by atoms with Crippen LogP contribution in [-0.4, -0.2) is 54.4 Å². The third-order valence-corrected chi connectivity index (χ3v) is 4.07. The molecule has 140 valence electrons. The molecular weight excluding hydrogens is 346 g/mol. The van der Waals surface area contributed by atoms with Crippen molar-refractivity contribution < 1.29 is 9.90 Å². The molecule has 0 fully saturated rings. The Bertz CT molecular complexity index is 869. The molecule has 2 heterocycles. The van der Waals surface area contributed by atoms with E-state index < -0.39 is 0 Å². The number of hydrogen-bond acceptors (Lipinski definition) is 6. The lowest BCUT2D eigenvalue weighted by Crippen LogP contribution is -2.35. The highest BCUT2D eigenvalue weighted by Crippen LogP contribution is 2.20. The molecule has 0 unspecified atom stereocenters. The number of benzene rings is 1. The summed E-state index contributed by atoms with van der Waals surface area (Å²) in [6.07, 6.45) is 5.38. The number of aliphatic hydroxyl groups is 1. The monoisotopic (exact) mass is 367 g/mol. The number of amides is 2. The van der Waals surface area contributed by atoms with E-state index >= 15 is 0 Å². The molecule has 0 aliphatic rings. The number of tetrazole rings is 1. The summed E-state index contributed by atoms with van der Waals surface area (Å²) >= 11 is 0. The van der Waals surface area contributed by atoms with Gasteiger partial charge in [-0.1, -0.05) is 6.07 Å². The molecule has 3 aromatic rings. The van der Waals surface area contributed by atoms with Gasteiger partial charge in [0.1, 0.15) is 6.33 Å². The molecule has 0 bridgehead atoms. The lowest BCUT2D eigenvalue weighted by atomic mass is 10.2. The molecule has 0 saturated heterocycles. The highest BCUT2D eigenvalue weighted by atomic mass is 16.3. The Morgan fingerprint density at radius 1 is 1.26 bits per heavy atom. The zero-order valence-electron chi connectivity index (χ0n) is 15.0. The molecule has 3 rings (SSSR count). The summed E-state index contributed by atoms with van der Waals surface area (Å²) in [5.41, 5.74) is 3.32. The molecule has 0 spiro atoms. The van der Waals surface area contributed by atoms with Gasteiger partial charge in [0.25, 0.3) is 0 Å². The van der Waals surface area contributed by atoms with Crippen molar-refractivity contribution in [1.82, 2.24) is 30.1 Å². The first kappa shape index (κ1) is 18.5. The normalized spacial score (nSPS) is 10.6. The van der Waals surface area contributed by atoms with Crippen LogP contribution in [-0.2, 0) is 6.54 Å². The molecule has 0 radical (unpaired) electrons.